The molecule has 3 heterocycles. The molecule has 0 radical (unpaired) electrons. The van der Waals surface area contributed by atoms with Gasteiger partial charge in [-0.2, -0.15) is 0 Å². The van der Waals surface area contributed by atoms with E-state index >= 15 is 0 Å². The Morgan fingerprint density at radius 1 is 1.15 bits per heavy atom. The van der Waals surface area contributed by atoms with Crippen molar-refractivity contribution in [3.05, 3.63) is 54.2 Å². The molecule has 0 unspecified atom stereocenters. The number of aromatic carboxylic acids is 1. The Hall–Kier alpha value is -3.52. The van der Waals surface area contributed by atoms with Crippen molar-refractivity contribution >= 4 is 27.8 Å². The van der Waals surface area contributed by atoms with E-state index in [1.807, 2.05) is 12.1 Å². The number of fused-ring (bicyclic) bond motifs is 3. The fraction of sp³-hybridized carbons (Fsp3) is 0.111. The number of rotatable bonds is 5. The van der Waals surface area contributed by atoms with Gasteiger partial charge in [0.1, 0.15) is 5.75 Å². The van der Waals surface area contributed by atoms with E-state index in [0.29, 0.717) is 28.1 Å². The van der Waals surface area contributed by atoms with Crippen LogP contribution in [0.1, 0.15) is 16.1 Å². The summed E-state index contributed by atoms with van der Waals surface area (Å²) in [5.74, 6) is -0.232. The summed E-state index contributed by atoms with van der Waals surface area (Å²) >= 11 is 0. The Morgan fingerprint density at radius 3 is 2.77 bits per heavy atom. The number of aromatic nitrogens is 4. The van der Waals surface area contributed by atoms with Crippen LogP contribution in [0.2, 0.25) is 0 Å². The highest BCUT2D eigenvalue weighted by Gasteiger charge is 2.20. The smallest absolute Gasteiger partial charge is 0.354 e. The van der Waals surface area contributed by atoms with Crippen molar-refractivity contribution in [1.29, 1.82) is 0 Å². The maximum Gasteiger partial charge on any atom is 0.354 e. The second-order valence-corrected chi connectivity index (χ2v) is 5.56. The molecule has 2 N–H and O–H groups in total. The Balaban J connectivity index is 2.02. The molecule has 0 saturated carbocycles. The SMILES string of the molecule is COCc1c(C(=O)O)ncc2[nH]c3cccc(Oc4cnccn4)c3c12. The summed E-state index contributed by atoms with van der Waals surface area (Å²) in [4.78, 5) is 27.0. The first-order chi connectivity index (χ1) is 12.7. The molecule has 8 heteroatoms. The van der Waals surface area contributed by atoms with Crippen LogP contribution in [0.25, 0.3) is 21.8 Å². The van der Waals surface area contributed by atoms with Gasteiger partial charge in [0.15, 0.2) is 5.69 Å². The number of hydrogen-bond acceptors (Lipinski definition) is 6. The number of pyridine rings is 1. The zero-order valence-electron chi connectivity index (χ0n) is 13.8. The molecular formula is C18H14N4O4. The monoisotopic (exact) mass is 350 g/mol. The summed E-state index contributed by atoms with van der Waals surface area (Å²) in [5.41, 5.74) is 1.93. The number of carboxylic acid groups (broad SMARTS) is 1. The van der Waals surface area contributed by atoms with Crippen LogP contribution < -0.4 is 4.74 Å². The fourth-order valence-corrected chi connectivity index (χ4v) is 2.98. The van der Waals surface area contributed by atoms with Gasteiger partial charge in [0, 0.05) is 30.5 Å². The minimum absolute atomic E-state index is 0.0467. The molecule has 0 bridgehead atoms. The molecule has 26 heavy (non-hydrogen) atoms. The first-order valence-electron chi connectivity index (χ1n) is 7.77. The third-order valence-electron chi connectivity index (χ3n) is 3.97. The number of nitrogens with one attached hydrogen (secondary N) is 1. The lowest BCUT2D eigenvalue weighted by molar-refractivity contribution is 0.0685. The van der Waals surface area contributed by atoms with Crippen LogP contribution in [0.15, 0.2) is 43.0 Å². The van der Waals surface area contributed by atoms with Crippen molar-refractivity contribution in [3.8, 4) is 11.6 Å². The Morgan fingerprint density at radius 2 is 2.04 bits per heavy atom. The van der Waals surface area contributed by atoms with Gasteiger partial charge in [-0.25, -0.2) is 14.8 Å². The third-order valence-corrected chi connectivity index (χ3v) is 3.97. The second kappa shape index (κ2) is 6.41. The number of carboxylic acids is 1. The van der Waals surface area contributed by atoms with E-state index in [2.05, 4.69) is 19.9 Å². The average molecular weight is 350 g/mol. The van der Waals surface area contributed by atoms with Gasteiger partial charge in [-0.3, -0.25) is 4.98 Å². The third kappa shape index (κ3) is 2.62. The molecule has 0 aliphatic carbocycles. The maximum atomic E-state index is 11.6. The minimum atomic E-state index is -1.11. The highest BCUT2D eigenvalue weighted by atomic mass is 16.5. The molecule has 0 atom stereocenters. The molecule has 0 amide bonds. The Bertz CT molecular complexity index is 1110. The predicted molar refractivity (Wildman–Crippen MR) is 93.4 cm³/mol. The summed E-state index contributed by atoms with van der Waals surface area (Å²) in [6.07, 6.45) is 6.10. The fourth-order valence-electron chi connectivity index (χ4n) is 2.98. The van der Waals surface area contributed by atoms with Gasteiger partial charge in [-0.1, -0.05) is 6.07 Å². The van der Waals surface area contributed by atoms with Gasteiger partial charge >= 0.3 is 5.97 Å². The van der Waals surface area contributed by atoms with Gasteiger partial charge in [-0.15, -0.1) is 0 Å². The van der Waals surface area contributed by atoms with E-state index < -0.39 is 5.97 Å². The van der Waals surface area contributed by atoms with E-state index in [4.69, 9.17) is 9.47 Å². The molecule has 130 valence electrons. The summed E-state index contributed by atoms with van der Waals surface area (Å²) in [6.45, 7) is 0.110. The summed E-state index contributed by atoms with van der Waals surface area (Å²) in [7, 11) is 1.51. The highest BCUT2D eigenvalue weighted by Crippen LogP contribution is 2.37. The number of benzene rings is 1. The molecule has 3 aromatic heterocycles. The van der Waals surface area contributed by atoms with E-state index in [1.165, 1.54) is 25.7 Å². The molecule has 0 aliphatic heterocycles. The van der Waals surface area contributed by atoms with Crippen molar-refractivity contribution in [2.24, 2.45) is 0 Å². The van der Waals surface area contributed by atoms with E-state index in [0.717, 1.165) is 10.9 Å². The molecule has 8 nitrogen and oxygen atoms in total. The number of ether oxygens (including phenoxy) is 2. The summed E-state index contributed by atoms with van der Waals surface area (Å²) in [5, 5.41) is 10.9. The van der Waals surface area contributed by atoms with Crippen LogP contribution in [0, 0.1) is 0 Å². The Kier molecular flexibility index (Phi) is 3.94. The lowest BCUT2D eigenvalue weighted by atomic mass is 10.1. The number of H-pyrrole nitrogens is 1. The molecule has 0 spiro atoms. The van der Waals surface area contributed by atoms with Gasteiger partial charge in [-0.05, 0) is 12.1 Å². The van der Waals surface area contributed by atoms with Crippen molar-refractivity contribution in [2.45, 2.75) is 6.61 Å². The number of nitrogens with zero attached hydrogens (tertiary/aromatic N) is 3. The largest absolute Gasteiger partial charge is 0.477 e. The number of methoxy groups -OCH3 is 1. The lowest BCUT2D eigenvalue weighted by Gasteiger charge is -2.09. The summed E-state index contributed by atoms with van der Waals surface area (Å²) in [6, 6.07) is 5.52. The first kappa shape index (κ1) is 16.0. The van der Waals surface area contributed by atoms with E-state index in [1.54, 1.807) is 12.3 Å². The van der Waals surface area contributed by atoms with Crippen LogP contribution >= 0.6 is 0 Å². The van der Waals surface area contributed by atoms with Crippen LogP contribution in [-0.2, 0) is 11.3 Å². The van der Waals surface area contributed by atoms with Crippen LogP contribution in [0.3, 0.4) is 0 Å². The van der Waals surface area contributed by atoms with Crippen molar-refractivity contribution in [3.63, 3.8) is 0 Å². The zero-order valence-corrected chi connectivity index (χ0v) is 13.8. The van der Waals surface area contributed by atoms with Gasteiger partial charge in [0.05, 0.1) is 35.4 Å². The summed E-state index contributed by atoms with van der Waals surface area (Å²) < 4.78 is 11.1. The van der Waals surface area contributed by atoms with Crippen LogP contribution in [0.5, 0.6) is 11.6 Å². The normalized spacial score (nSPS) is 11.1. The zero-order chi connectivity index (χ0) is 18.1. The molecule has 0 fully saturated rings. The molecule has 4 rings (SSSR count). The first-order valence-corrected chi connectivity index (χ1v) is 7.77. The number of aromatic amines is 1. The maximum absolute atomic E-state index is 11.6. The molecular weight excluding hydrogens is 336 g/mol. The standard InChI is InChI=1S/C18H14N4O4/c1-25-9-10-15-12(7-21-17(10)18(23)24)22-11-3-2-4-13(16(11)15)26-14-8-19-5-6-20-14/h2-8,22H,9H2,1H3,(H,23,24). The van der Waals surface area contributed by atoms with Crippen LogP contribution in [-0.4, -0.2) is 38.1 Å². The predicted octanol–water partition coefficient (Wildman–Crippen LogP) is 3.14. The van der Waals surface area contributed by atoms with Gasteiger partial charge in [0.25, 0.3) is 0 Å². The number of carbonyl (C=O) groups is 1. The topological polar surface area (TPSA) is 110 Å². The van der Waals surface area contributed by atoms with Crippen molar-refractivity contribution in [1.82, 2.24) is 19.9 Å². The quantitative estimate of drug-likeness (QED) is 0.569. The average Bonchev–Trinajstić information content (AvgIpc) is 3.03. The van der Waals surface area contributed by atoms with Gasteiger partial charge in [0.2, 0.25) is 5.88 Å². The Labute approximate surface area is 147 Å². The van der Waals surface area contributed by atoms with E-state index in [9.17, 15) is 9.90 Å². The second-order valence-electron chi connectivity index (χ2n) is 5.56. The minimum Gasteiger partial charge on any atom is -0.477 e. The van der Waals surface area contributed by atoms with Crippen molar-refractivity contribution < 1.29 is 19.4 Å². The number of hydrogen-bond donors (Lipinski definition) is 2. The molecule has 0 aliphatic rings. The molecule has 0 saturated heterocycles. The van der Waals surface area contributed by atoms with Gasteiger partial charge < -0.3 is 19.6 Å². The van der Waals surface area contributed by atoms with Crippen LogP contribution in [0.4, 0.5) is 0 Å². The molecule has 1 aromatic carbocycles. The lowest BCUT2D eigenvalue weighted by Crippen LogP contribution is -2.07. The van der Waals surface area contributed by atoms with Crippen molar-refractivity contribution in [2.75, 3.05) is 7.11 Å². The van der Waals surface area contributed by atoms with E-state index in [-0.39, 0.29) is 12.3 Å². The molecule has 4 aromatic rings. The highest BCUT2D eigenvalue weighted by molar-refractivity contribution is 6.13.